The Morgan fingerprint density at radius 2 is 1.03 bits per heavy atom. The monoisotopic (exact) mass is 502 g/mol. The zero-order chi connectivity index (χ0) is 25.0. The van der Waals surface area contributed by atoms with Crippen LogP contribution in [0.4, 0.5) is 0 Å². The van der Waals surface area contributed by atoms with E-state index in [4.69, 9.17) is 13.6 Å². The van der Waals surface area contributed by atoms with Crippen molar-refractivity contribution >= 4 is 22.6 Å². The number of hydrogen-bond acceptors (Lipinski definition) is 4. The van der Waals surface area contributed by atoms with Gasteiger partial charge in [-0.3, -0.25) is 4.79 Å². The summed E-state index contributed by atoms with van der Waals surface area (Å²) in [4.78, 5) is 12.1. The second-order valence-corrected chi connectivity index (χ2v) is 20.6. The van der Waals surface area contributed by atoms with Crippen molar-refractivity contribution in [3.8, 4) is 0 Å². The molecule has 0 fully saturated rings. The van der Waals surface area contributed by atoms with Crippen LogP contribution in [0.25, 0.3) is 0 Å². The third-order valence-electron chi connectivity index (χ3n) is 5.64. The molecule has 0 bridgehead atoms. The van der Waals surface area contributed by atoms with Crippen molar-refractivity contribution in [3.05, 3.63) is 0 Å². The van der Waals surface area contributed by atoms with E-state index in [9.17, 15) is 4.79 Å². The first kappa shape index (κ1) is 32.8. The minimum atomic E-state index is -1.71. The number of esters is 1. The van der Waals surface area contributed by atoms with Crippen LogP contribution in [0.2, 0.25) is 39.3 Å². The van der Waals surface area contributed by atoms with Gasteiger partial charge < -0.3 is 13.6 Å². The summed E-state index contributed by atoms with van der Waals surface area (Å²) < 4.78 is 17.7. The van der Waals surface area contributed by atoms with Crippen LogP contribution < -0.4 is 0 Å². The van der Waals surface area contributed by atoms with Gasteiger partial charge in [0.05, 0.1) is 6.61 Å². The molecule has 0 aromatic carbocycles. The van der Waals surface area contributed by atoms with E-state index < -0.39 is 16.6 Å². The molecule has 198 valence electrons. The fourth-order valence-electron chi connectivity index (χ4n) is 3.86. The molecule has 0 heterocycles. The van der Waals surface area contributed by atoms with Crippen molar-refractivity contribution in [2.24, 2.45) is 0 Å². The Morgan fingerprint density at radius 3 is 1.42 bits per heavy atom. The molecule has 0 rings (SSSR count). The Morgan fingerprint density at radius 1 is 0.606 bits per heavy atom. The van der Waals surface area contributed by atoms with Gasteiger partial charge in [0.2, 0.25) is 0 Å². The summed E-state index contributed by atoms with van der Waals surface area (Å²) in [5.41, 5.74) is 0. The Hall–Kier alpha value is -0.176. The highest BCUT2D eigenvalue weighted by Crippen LogP contribution is 2.15. The zero-order valence-corrected chi connectivity index (χ0v) is 25.4. The van der Waals surface area contributed by atoms with E-state index in [0.29, 0.717) is 19.6 Å². The first-order valence-electron chi connectivity index (χ1n) is 14.0. The van der Waals surface area contributed by atoms with Crippen LogP contribution >= 0.6 is 0 Å². The van der Waals surface area contributed by atoms with E-state index in [1.165, 1.54) is 83.5 Å². The van der Waals surface area contributed by atoms with Gasteiger partial charge in [0, 0.05) is 6.42 Å². The molecule has 0 aliphatic heterocycles. The van der Waals surface area contributed by atoms with Gasteiger partial charge in [-0.15, -0.1) is 0 Å². The lowest BCUT2D eigenvalue weighted by molar-refractivity contribution is -0.146. The molecule has 0 radical (unpaired) electrons. The largest absolute Gasteiger partial charge is 0.463 e. The van der Waals surface area contributed by atoms with Gasteiger partial charge in [-0.2, -0.15) is 0 Å². The lowest BCUT2D eigenvalue weighted by Crippen LogP contribution is -2.40. The summed E-state index contributed by atoms with van der Waals surface area (Å²) >= 11 is 0. The van der Waals surface area contributed by atoms with Crippen molar-refractivity contribution in [2.45, 2.75) is 155 Å². The molecule has 1 atom stereocenters. The molecule has 0 aliphatic rings. The van der Waals surface area contributed by atoms with Gasteiger partial charge >= 0.3 is 5.97 Å². The van der Waals surface area contributed by atoms with E-state index in [1.54, 1.807) is 0 Å². The molecule has 0 aromatic rings. The fourth-order valence-corrected chi connectivity index (χ4v) is 5.68. The van der Waals surface area contributed by atoms with Crippen LogP contribution in [0.5, 0.6) is 0 Å². The van der Waals surface area contributed by atoms with Crippen LogP contribution in [0, 0.1) is 0 Å². The van der Waals surface area contributed by atoms with Crippen LogP contribution in [0.15, 0.2) is 0 Å². The molecule has 0 saturated carbocycles. The number of hydrogen-bond donors (Lipinski definition) is 0. The summed E-state index contributed by atoms with van der Waals surface area (Å²) in [6, 6.07) is 0. The van der Waals surface area contributed by atoms with Crippen LogP contribution in [0.3, 0.4) is 0 Å². The smallest absolute Gasteiger partial charge is 0.305 e. The van der Waals surface area contributed by atoms with Crippen molar-refractivity contribution in [1.29, 1.82) is 0 Å². The predicted octanol–water partition coefficient (Wildman–Crippen LogP) is 8.86. The Balaban J connectivity index is 3.66. The van der Waals surface area contributed by atoms with Crippen molar-refractivity contribution in [2.75, 3.05) is 13.2 Å². The third-order valence-corrected chi connectivity index (χ3v) is 7.71. The topological polar surface area (TPSA) is 44.8 Å². The van der Waals surface area contributed by atoms with Crippen molar-refractivity contribution in [1.82, 2.24) is 0 Å². The number of carbonyl (C=O) groups excluding carboxylic acids is 1. The van der Waals surface area contributed by atoms with Crippen LogP contribution in [-0.4, -0.2) is 41.9 Å². The molecule has 0 unspecified atom stereocenters. The van der Waals surface area contributed by atoms with Crippen LogP contribution in [0.1, 0.15) is 110 Å². The molecule has 0 spiro atoms. The summed E-state index contributed by atoms with van der Waals surface area (Å²) in [5.74, 6) is -0.0955. The van der Waals surface area contributed by atoms with E-state index in [2.05, 4.69) is 46.2 Å². The standard InChI is InChI=1S/C27H58O4Si2/c1-8-9-10-11-12-13-14-15-16-17-18-19-20-21-22-23-27(28)29-24-26(31-33(5,6)7)25-30-32(2,3)4/h26H,8-25H2,1-7H3/t26-/m0/s1. The second-order valence-electron chi connectivity index (χ2n) is 11.7. The first-order chi connectivity index (χ1) is 15.5. The van der Waals surface area contributed by atoms with E-state index in [1.807, 2.05) is 0 Å². The average molecular weight is 503 g/mol. The molecule has 0 N–H and O–H groups in total. The van der Waals surface area contributed by atoms with E-state index in [-0.39, 0.29) is 12.1 Å². The molecule has 0 saturated heterocycles. The van der Waals surface area contributed by atoms with Gasteiger partial charge in [-0.05, 0) is 45.7 Å². The van der Waals surface area contributed by atoms with E-state index in [0.717, 1.165) is 12.8 Å². The maximum absolute atomic E-state index is 12.1. The summed E-state index contributed by atoms with van der Waals surface area (Å²) in [7, 11) is -3.32. The Kier molecular flexibility index (Phi) is 20.0. The molecule has 0 aromatic heterocycles. The highest BCUT2D eigenvalue weighted by Gasteiger charge is 2.25. The second kappa shape index (κ2) is 20.1. The summed E-state index contributed by atoms with van der Waals surface area (Å²) in [5, 5.41) is 0. The number of carbonyl (C=O) groups is 1. The normalized spacial score (nSPS) is 13.3. The molecular formula is C27H58O4Si2. The maximum Gasteiger partial charge on any atom is 0.305 e. The SMILES string of the molecule is CCCCCCCCCCCCCCCCCC(=O)OC[C@@H](CO[Si](C)(C)C)O[Si](C)(C)C. The molecule has 33 heavy (non-hydrogen) atoms. The summed E-state index contributed by atoms with van der Waals surface area (Å²) in [6.07, 6.45) is 20.4. The molecule has 6 heteroatoms. The molecular weight excluding hydrogens is 444 g/mol. The quantitative estimate of drug-likeness (QED) is 0.0795. The maximum atomic E-state index is 12.1. The first-order valence-corrected chi connectivity index (χ1v) is 20.8. The number of rotatable bonds is 23. The van der Waals surface area contributed by atoms with Crippen LogP contribution in [-0.2, 0) is 18.4 Å². The Bertz CT molecular complexity index is 458. The van der Waals surface area contributed by atoms with Crippen molar-refractivity contribution < 1.29 is 18.4 Å². The van der Waals surface area contributed by atoms with Gasteiger partial charge in [0.25, 0.3) is 0 Å². The number of ether oxygens (including phenoxy) is 1. The molecule has 4 nitrogen and oxygen atoms in total. The lowest BCUT2D eigenvalue weighted by Gasteiger charge is -2.28. The Labute approximate surface area is 209 Å². The van der Waals surface area contributed by atoms with Gasteiger partial charge in [-0.25, -0.2) is 0 Å². The van der Waals surface area contributed by atoms with Gasteiger partial charge in [0.1, 0.15) is 12.7 Å². The molecule has 0 amide bonds. The minimum absolute atomic E-state index is 0.0955. The minimum Gasteiger partial charge on any atom is -0.463 e. The number of unbranched alkanes of at least 4 members (excludes halogenated alkanes) is 14. The predicted molar refractivity (Wildman–Crippen MR) is 148 cm³/mol. The van der Waals surface area contributed by atoms with Crippen molar-refractivity contribution in [3.63, 3.8) is 0 Å². The third kappa shape index (κ3) is 26.3. The lowest BCUT2D eigenvalue weighted by atomic mass is 10.0. The average Bonchev–Trinajstić information content (AvgIpc) is 2.71. The molecule has 0 aliphatic carbocycles. The highest BCUT2D eigenvalue weighted by atomic mass is 28.4. The zero-order valence-electron chi connectivity index (χ0n) is 23.4. The fraction of sp³-hybridized carbons (Fsp3) is 0.963. The summed E-state index contributed by atoms with van der Waals surface area (Å²) in [6.45, 7) is 16.1. The van der Waals surface area contributed by atoms with E-state index >= 15 is 0 Å². The van der Waals surface area contributed by atoms with Gasteiger partial charge in [0.15, 0.2) is 16.6 Å². The van der Waals surface area contributed by atoms with Gasteiger partial charge in [-0.1, -0.05) is 96.8 Å². The highest BCUT2D eigenvalue weighted by molar-refractivity contribution is 6.70.